The van der Waals surface area contributed by atoms with Crippen LogP contribution in [0.4, 0.5) is 0 Å². The molecule has 1 heterocycles. The molecule has 21 heavy (non-hydrogen) atoms. The van der Waals surface area contributed by atoms with E-state index in [1.54, 1.807) is 37.3 Å². The number of phenolic OH excluding ortho intramolecular Hbond substituents is 1. The van der Waals surface area contributed by atoms with Crippen molar-refractivity contribution in [2.24, 2.45) is 0 Å². The Hall–Kier alpha value is -2.53. The fourth-order valence-electron chi connectivity index (χ4n) is 2.36. The molecule has 0 amide bonds. The van der Waals surface area contributed by atoms with Gasteiger partial charge in [-0.25, -0.2) is 9.48 Å². The minimum absolute atomic E-state index is 0.0196. The van der Waals surface area contributed by atoms with E-state index in [4.69, 9.17) is 11.6 Å². The third-order valence-corrected chi connectivity index (χ3v) is 3.67. The van der Waals surface area contributed by atoms with Crippen molar-refractivity contribution in [3.05, 3.63) is 52.8 Å². The molecule has 6 heteroatoms. The summed E-state index contributed by atoms with van der Waals surface area (Å²) in [7, 11) is 0. The number of benzene rings is 2. The smallest absolute Gasteiger partial charge is 0.340 e. The van der Waals surface area contributed by atoms with Crippen molar-refractivity contribution >= 4 is 28.3 Å². The Morgan fingerprint density at radius 3 is 2.52 bits per heavy atom. The lowest BCUT2D eigenvalue weighted by Gasteiger charge is -2.08. The Labute approximate surface area is 125 Å². The highest BCUT2D eigenvalue weighted by Crippen LogP contribution is 2.31. The van der Waals surface area contributed by atoms with E-state index in [0.29, 0.717) is 16.8 Å². The van der Waals surface area contributed by atoms with Gasteiger partial charge in [-0.05, 0) is 19.1 Å². The minimum Gasteiger partial charge on any atom is -0.507 e. The normalized spacial score (nSPS) is 11.0. The number of carboxylic acids is 1. The predicted molar refractivity (Wildman–Crippen MR) is 79.4 cm³/mol. The van der Waals surface area contributed by atoms with Crippen LogP contribution in [0.5, 0.6) is 5.75 Å². The van der Waals surface area contributed by atoms with E-state index in [9.17, 15) is 15.0 Å². The molecule has 5 nitrogen and oxygen atoms in total. The maximum absolute atomic E-state index is 11.2. The van der Waals surface area contributed by atoms with Crippen LogP contribution in [0, 0.1) is 6.92 Å². The molecule has 0 unspecified atom stereocenters. The Kier molecular flexibility index (Phi) is 3.07. The number of aryl methyl sites for hydroxylation is 1. The first kappa shape index (κ1) is 13.5. The molecule has 0 bridgehead atoms. The number of hydrogen-bond acceptors (Lipinski definition) is 3. The van der Waals surface area contributed by atoms with Gasteiger partial charge in [0.1, 0.15) is 16.5 Å². The molecule has 0 saturated heterocycles. The third kappa shape index (κ3) is 2.02. The first-order valence-electron chi connectivity index (χ1n) is 6.20. The summed E-state index contributed by atoms with van der Waals surface area (Å²) in [6, 6.07) is 10.4. The van der Waals surface area contributed by atoms with Crippen LogP contribution in [0.2, 0.25) is 5.15 Å². The molecule has 3 rings (SSSR count). The molecule has 0 atom stereocenters. The maximum atomic E-state index is 11.2. The van der Waals surface area contributed by atoms with Crippen molar-refractivity contribution in [2.75, 3.05) is 0 Å². The molecule has 0 aliphatic rings. The number of carbonyl (C=O) groups is 1. The van der Waals surface area contributed by atoms with Crippen LogP contribution in [-0.2, 0) is 0 Å². The van der Waals surface area contributed by atoms with E-state index in [0.717, 1.165) is 5.39 Å². The summed E-state index contributed by atoms with van der Waals surface area (Å²) in [6.45, 7) is 1.59. The summed E-state index contributed by atoms with van der Waals surface area (Å²) < 4.78 is 1.38. The molecule has 0 aliphatic carbocycles. The fraction of sp³-hybridized carbons (Fsp3) is 0.0667. The summed E-state index contributed by atoms with van der Waals surface area (Å²) in [5, 5.41) is 24.7. The number of nitrogens with zero attached hydrogens (tertiary/aromatic N) is 2. The zero-order valence-electron chi connectivity index (χ0n) is 11.0. The highest BCUT2D eigenvalue weighted by Gasteiger charge is 2.21. The second-order valence-electron chi connectivity index (χ2n) is 4.62. The van der Waals surface area contributed by atoms with Gasteiger partial charge in [-0.15, -0.1) is 0 Å². The van der Waals surface area contributed by atoms with E-state index in [1.807, 2.05) is 6.07 Å². The Bertz CT molecular complexity index is 871. The van der Waals surface area contributed by atoms with Crippen LogP contribution in [-0.4, -0.2) is 26.0 Å². The lowest BCUT2D eigenvalue weighted by atomic mass is 10.1. The molecule has 0 fully saturated rings. The summed E-state index contributed by atoms with van der Waals surface area (Å²) in [4.78, 5) is 11.2. The molecule has 0 saturated carbocycles. The predicted octanol–water partition coefficient (Wildman–Crippen LogP) is 3.39. The number of rotatable bonds is 2. The number of hydrogen-bond donors (Lipinski definition) is 2. The highest BCUT2D eigenvalue weighted by molar-refractivity contribution is 6.33. The maximum Gasteiger partial charge on any atom is 0.340 e. The highest BCUT2D eigenvalue weighted by atomic mass is 35.5. The quantitative estimate of drug-likeness (QED) is 0.761. The van der Waals surface area contributed by atoms with E-state index in [2.05, 4.69) is 5.10 Å². The van der Waals surface area contributed by atoms with Gasteiger partial charge in [0.05, 0.1) is 11.4 Å². The monoisotopic (exact) mass is 302 g/mol. The Morgan fingerprint density at radius 1 is 1.19 bits per heavy atom. The zero-order valence-corrected chi connectivity index (χ0v) is 11.8. The number of aromatic nitrogens is 2. The number of halogens is 1. The van der Waals surface area contributed by atoms with Gasteiger partial charge < -0.3 is 10.2 Å². The van der Waals surface area contributed by atoms with Crippen LogP contribution < -0.4 is 0 Å². The molecule has 2 N–H and O–H groups in total. The molecule has 0 aliphatic heterocycles. The molecule has 0 radical (unpaired) electrons. The van der Waals surface area contributed by atoms with Gasteiger partial charge in [-0.1, -0.05) is 35.9 Å². The Balaban J connectivity index is 2.34. The number of aromatic hydroxyl groups is 1. The van der Waals surface area contributed by atoms with Crippen LogP contribution in [0.25, 0.3) is 16.5 Å². The van der Waals surface area contributed by atoms with Gasteiger partial charge in [0.2, 0.25) is 0 Å². The molecule has 0 spiro atoms. The van der Waals surface area contributed by atoms with Crippen LogP contribution in [0.15, 0.2) is 36.4 Å². The Morgan fingerprint density at radius 2 is 1.86 bits per heavy atom. The van der Waals surface area contributed by atoms with Crippen molar-refractivity contribution in [3.8, 4) is 11.4 Å². The average Bonchev–Trinajstić information content (AvgIpc) is 2.74. The minimum atomic E-state index is -1.12. The van der Waals surface area contributed by atoms with Crippen molar-refractivity contribution in [1.29, 1.82) is 0 Å². The summed E-state index contributed by atoms with van der Waals surface area (Å²) in [6.07, 6.45) is 0. The van der Waals surface area contributed by atoms with Crippen LogP contribution >= 0.6 is 11.6 Å². The van der Waals surface area contributed by atoms with E-state index >= 15 is 0 Å². The van der Waals surface area contributed by atoms with Crippen molar-refractivity contribution in [3.63, 3.8) is 0 Å². The molecular formula is C15H11ClN2O3. The number of phenols is 1. The van der Waals surface area contributed by atoms with Crippen molar-refractivity contribution < 1.29 is 15.0 Å². The van der Waals surface area contributed by atoms with Gasteiger partial charge in [-0.2, -0.15) is 5.10 Å². The van der Waals surface area contributed by atoms with Gasteiger partial charge in [0.15, 0.2) is 0 Å². The zero-order chi connectivity index (χ0) is 15.1. The molecular weight excluding hydrogens is 292 g/mol. The molecule has 106 valence electrons. The lowest BCUT2D eigenvalue weighted by Crippen LogP contribution is -2.00. The molecule has 2 aromatic carbocycles. The van der Waals surface area contributed by atoms with Gasteiger partial charge in [-0.3, -0.25) is 0 Å². The largest absolute Gasteiger partial charge is 0.507 e. The summed E-state index contributed by atoms with van der Waals surface area (Å²) >= 11 is 6.16. The lowest BCUT2D eigenvalue weighted by molar-refractivity contribution is 0.0696. The molecule has 3 aromatic rings. The number of fused-ring (bicyclic) bond motifs is 1. The van der Waals surface area contributed by atoms with Gasteiger partial charge >= 0.3 is 5.97 Å². The standard InChI is InChI=1S/C15H11ClN2O3/c1-8-13(15(20)21)14(16)18(17-8)11-6-2-5-10-9(11)4-3-7-12(10)19/h2-7,19H,1H3,(H,20,21). The van der Waals surface area contributed by atoms with Crippen LogP contribution in [0.1, 0.15) is 16.1 Å². The second kappa shape index (κ2) is 4.79. The summed E-state index contributed by atoms with van der Waals surface area (Å²) in [5.41, 5.74) is 0.933. The van der Waals surface area contributed by atoms with Crippen molar-refractivity contribution in [2.45, 2.75) is 6.92 Å². The topological polar surface area (TPSA) is 75.3 Å². The number of carboxylic acid groups (broad SMARTS) is 1. The number of aromatic carboxylic acids is 1. The van der Waals surface area contributed by atoms with E-state index < -0.39 is 5.97 Å². The van der Waals surface area contributed by atoms with Crippen molar-refractivity contribution in [1.82, 2.24) is 9.78 Å². The van der Waals surface area contributed by atoms with Gasteiger partial charge in [0.25, 0.3) is 0 Å². The first-order chi connectivity index (χ1) is 10.0. The van der Waals surface area contributed by atoms with E-state index in [-0.39, 0.29) is 16.5 Å². The van der Waals surface area contributed by atoms with Crippen LogP contribution in [0.3, 0.4) is 0 Å². The SMILES string of the molecule is Cc1nn(-c2cccc3c(O)cccc23)c(Cl)c1C(=O)O. The average molecular weight is 303 g/mol. The first-order valence-corrected chi connectivity index (χ1v) is 6.58. The molecule has 1 aromatic heterocycles. The fourth-order valence-corrected chi connectivity index (χ4v) is 2.71. The second-order valence-corrected chi connectivity index (χ2v) is 4.98. The van der Waals surface area contributed by atoms with E-state index in [1.165, 1.54) is 4.68 Å². The third-order valence-electron chi connectivity index (χ3n) is 3.32. The van der Waals surface area contributed by atoms with Gasteiger partial charge in [0, 0.05) is 10.8 Å². The summed E-state index contributed by atoms with van der Waals surface area (Å²) in [5.74, 6) is -0.973.